The van der Waals surface area contributed by atoms with E-state index in [2.05, 4.69) is 0 Å². The number of ether oxygens (including phenoxy) is 5. The number of aliphatic hydroxyl groups is 1. The summed E-state index contributed by atoms with van der Waals surface area (Å²) in [6, 6.07) is 8.87. The second-order valence-corrected chi connectivity index (χ2v) is 9.58. The van der Waals surface area contributed by atoms with Crippen LogP contribution in [0.5, 0.6) is 28.7 Å². The van der Waals surface area contributed by atoms with E-state index in [0.29, 0.717) is 41.7 Å². The molecule has 1 aliphatic heterocycles. The molecule has 3 atom stereocenters. The zero-order valence-corrected chi connectivity index (χ0v) is 22.3. The van der Waals surface area contributed by atoms with E-state index in [1.165, 1.54) is 0 Å². The SMILES string of the molecule is COc1ccc(OC)c(C2C3CCCCC3(O)CCN2C(=O)C=Cc2cc(OC)c(OC)c(OC)c2)c1. The van der Waals surface area contributed by atoms with Gasteiger partial charge in [0.15, 0.2) is 11.5 Å². The second kappa shape index (κ2) is 11.3. The molecule has 1 heterocycles. The smallest absolute Gasteiger partial charge is 0.247 e. The first-order chi connectivity index (χ1) is 17.9. The average molecular weight is 512 g/mol. The highest BCUT2D eigenvalue weighted by atomic mass is 16.5. The van der Waals surface area contributed by atoms with Crippen LogP contribution in [0.25, 0.3) is 6.08 Å². The topological polar surface area (TPSA) is 86.7 Å². The van der Waals surface area contributed by atoms with E-state index >= 15 is 0 Å². The van der Waals surface area contributed by atoms with Crippen molar-refractivity contribution in [2.24, 2.45) is 5.92 Å². The number of rotatable bonds is 8. The largest absolute Gasteiger partial charge is 0.497 e. The van der Waals surface area contributed by atoms with Crippen molar-refractivity contribution in [3.8, 4) is 28.7 Å². The van der Waals surface area contributed by atoms with Crippen molar-refractivity contribution in [2.75, 3.05) is 42.1 Å². The summed E-state index contributed by atoms with van der Waals surface area (Å²) in [4.78, 5) is 15.6. The van der Waals surface area contributed by atoms with Crippen molar-refractivity contribution in [1.29, 1.82) is 0 Å². The lowest BCUT2D eigenvalue weighted by Gasteiger charge is -2.52. The normalized spacial score (nSPS) is 23.4. The summed E-state index contributed by atoms with van der Waals surface area (Å²) in [5.74, 6) is 2.63. The van der Waals surface area contributed by atoms with Gasteiger partial charge in [0, 0.05) is 24.1 Å². The van der Waals surface area contributed by atoms with E-state index in [0.717, 1.165) is 36.8 Å². The molecule has 200 valence electrons. The summed E-state index contributed by atoms with van der Waals surface area (Å²) >= 11 is 0. The molecule has 0 aromatic heterocycles. The summed E-state index contributed by atoms with van der Waals surface area (Å²) in [5.41, 5.74) is 0.778. The molecular weight excluding hydrogens is 474 g/mol. The first-order valence-corrected chi connectivity index (χ1v) is 12.6. The van der Waals surface area contributed by atoms with Crippen LogP contribution in [0.2, 0.25) is 0 Å². The third-order valence-electron chi connectivity index (χ3n) is 7.71. The molecule has 8 heteroatoms. The molecule has 1 saturated carbocycles. The first-order valence-electron chi connectivity index (χ1n) is 12.6. The number of carbonyl (C=O) groups is 1. The van der Waals surface area contributed by atoms with Crippen LogP contribution in [0.15, 0.2) is 36.4 Å². The van der Waals surface area contributed by atoms with E-state index in [1.54, 1.807) is 59.8 Å². The predicted molar refractivity (Wildman–Crippen MR) is 141 cm³/mol. The van der Waals surface area contributed by atoms with Gasteiger partial charge >= 0.3 is 0 Å². The molecule has 3 unspecified atom stereocenters. The Bertz CT molecular complexity index is 1120. The Hall–Kier alpha value is -3.39. The molecule has 2 fully saturated rings. The minimum atomic E-state index is -0.811. The summed E-state index contributed by atoms with van der Waals surface area (Å²) in [7, 11) is 7.90. The van der Waals surface area contributed by atoms with E-state index in [4.69, 9.17) is 23.7 Å². The zero-order valence-electron chi connectivity index (χ0n) is 22.3. The van der Waals surface area contributed by atoms with Crippen molar-refractivity contribution < 1.29 is 33.6 Å². The Balaban J connectivity index is 1.72. The van der Waals surface area contributed by atoms with Gasteiger partial charge in [0.05, 0.1) is 47.2 Å². The van der Waals surface area contributed by atoms with Gasteiger partial charge in [-0.1, -0.05) is 12.8 Å². The number of carbonyl (C=O) groups excluding carboxylic acids is 1. The monoisotopic (exact) mass is 511 g/mol. The van der Waals surface area contributed by atoms with Gasteiger partial charge in [-0.25, -0.2) is 0 Å². The maximum absolute atomic E-state index is 13.7. The number of methoxy groups -OCH3 is 5. The molecule has 1 amide bonds. The van der Waals surface area contributed by atoms with Gasteiger partial charge < -0.3 is 33.7 Å². The molecule has 1 saturated heterocycles. The molecule has 37 heavy (non-hydrogen) atoms. The van der Waals surface area contributed by atoms with Crippen LogP contribution < -0.4 is 23.7 Å². The molecule has 1 N–H and O–H groups in total. The van der Waals surface area contributed by atoms with Crippen LogP contribution in [-0.2, 0) is 4.79 Å². The Morgan fingerprint density at radius 3 is 2.24 bits per heavy atom. The molecule has 0 radical (unpaired) electrons. The fourth-order valence-corrected chi connectivity index (χ4v) is 5.85. The minimum Gasteiger partial charge on any atom is -0.497 e. The summed E-state index contributed by atoms with van der Waals surface area (Å²) in [5, 5.41) is 11.6. The molecular formula is C29H37NO7. The summed E-state index contributed by atoms with van der Waals surface area (Å²) in [6.45, 7) is 0.441. The molecule has 0 spiro atoms. The van der Waals surface area contributed by atoms with E-state index < -0.39 is 5.60 Å². The Morgan fingerprint density at radius 1 is 0.919 bits per heavy atom. The zero-order chi connectivity index (χ0) is 26.6. The Labute approximate surface area is 218 Å². The molecule has 0 bridgehead atoms. The number of benzene rings is 2. The summed E-state index contributed by atoms with van der Waals surface area (Å²) in [6.07, 6.45) is 7.43. The second-order valence-electron chi connectivity index (χ2n) is 9.58. The van der Waals surface area contributed by atoms with Crippen LogP contribution >= 0.6 is 0 Å². The van der Waals surface area contributed by atoms with E-state index in [9.17, 15) is 9.90 Å². The van der Waals surface area contributed by atoms with Crippen molar-refractivity contribution in [3.63, 3.8) is 0 Å². The highest BCUT2D eigenvalue weighted by molar-refractivity contribution is 5.92. The molecule has 2 aromatic rings. The number of nitrogens with zero attached hydrogens (tertiary/aromatic N) is 1. The van der Waals surface area contributed by atoms with E-state index in [1.807, 2.05) is 23.1 Å². The third kappa shape index (κ3) is 5.21. The van der Waals surface area contributed by atoms with Crippen molar-refractivity contribution in [3.05, 3.63) is 47.5 Å². The van der Waals surface area contributed by atoms with Gasteiger partial charge in [-0.05, 0) is 61.2 Å². The number of fused-ring (bicyclic) bond motifs is 1. The standard InChI is InChI=1S/C29H37NO7/c1-33-20-10-11-23(34-2)21(18-20)27-22-8-6-7-13-29(22,32)14-15-30(27)26(31)12-9-19-16-24(35-3)28(37-5)25(17-19)36-4/h9-12,16-18,22,27,32H,6-8,13-15H2,1-5H3. The van der Waals surface area contributed by atoms with Crippen LogP contribution in [-0.4, -0.2) is 63.6 Å². The number of amides is 1. The number of hydrogen-bond acceptors (Lipinski definition) is 7. The fourth-order valence-electron chi connectivity index (χ4n) is 5.85. The van der Waals surface area contributed by atoms with Gasteiger partial charge in [-0.15, -0.1) is 0 Å². The van der Waals surface area contributed by atoms with Crippen molar-refractivity contribution in [2.45, 2.75) is 43.7 Å². The van der Waals surface area contributed by atoms with Gasteiger partial charge in [-0.2, -0.15) is 0 Å². The highest BCUT2D eigenvalue weighted by Gasteiger charge is 2.50. The van der Waals surface area contributed by atoms with Crippen LogP contribution in [0, 0.1) is 5.92 Å². The summed E-state index contributed by atoms with van der Waals surface area (Å²) < 4.78 is 27.5. The quantitative estimate of drug-likeness (QED) is 0.517. The Morgan fingerprint density at radius 2 is 1.62 bits per heavy atom. The Kier molecular flexibility index (Phi) is 8.17. The lowest BCUT2D eigenvalue weighted by molar-refractivity contribution is -0.151. The van der Waals surface area contributed by atoms with Crippen molar-refractivity contribution >= 4 is 12.0 Å². The van der Waals surface area contributed by atoms with E-state index in [-0.39, 0.29) is 17.9 Å². The lowest BCUT2D eigenvalue weighted by atomic mass is 9.66. The minimum absolute atomic E-state index is 0.102. The van der Waals surface area contributed by atoms with Crippen LogP contribution in [0.3, 0.4) is 0 Å². The molecule has 8 nitrogen and oxygen atoms in total. The molecule has 2 aliphatic rings. The maximum atomic E-state index is 13.7. The first kappa shape index (κ1) is 26.7. The third-order valence-corrected chi connectivity index (χ3v) is 7.71. The van der Waals surface area contributed by atoms with Crippen LogP contribution in [0.4, 0.5) is 0 Å². The van der Waals surface area contributed by atoms with Gasteiger partial charge in [-0.3, -0.25) is 4.79 Å². The van der Waals surface area contributed by atoms with Gasteiger partial charge in [0.1, 0.15) is 11.5 Å². The number of piperidine rings is 1. The number of hydrogen-bond donors (Lipinski definition) is 1. The van der Waals surface area contributed by atoms with Crippen molar-refractivity contribution in [1.82, 2.24) is 4.90 Å². The maximum Gasteiger partial charge on any atom is 0.247 e. The molecule has 1 aliphatic carbocycles. The van der Waals surface area contributed by atoms with Gasteiger partial charge in [0.25, 0.3) is 0 Å². The molecule has 2 aromatic carbocycles. The molecule has 4 rings (SSSR count). The lowest BCUT2D eigenvalue weighted by Crippen LogP contribution is -2.56. The fraction of sp³-hybridized carbons (Fsp3) is 0.483. The highest BCUT2D eigenvalue weighted by Crippen LogP contribution is 2.51. The predicted octanol–water partition coefficient (Wildman–Crippen LogP) is 4.64. The van der Waals surface area contributed by atoms with Crippen LogP contribution in [0.1, 0.15) is 49.3 Å². The number of likely N-dealkylation sites (tertiary alicyclic amines) is 1. The van der Waals surface area contributed by atoms with Gasteiger partial charge in [0.2, 0.25) is 11.7 Å². The average Bonchev–Trinajstić information content (AvgIpc) is 2.93.